The van der Waals surface area contributed by atoms with Gasteiger partial charge in [0.05, 0.1) is 24.0 Å². The summed E-state index contributed by atoms with van der Waals surface area (Å²) in [5, 5.41) is 20.3. The van der Waals surface area contributed by atoms with Crippen molar-refractivity contribution in [3.8, 4) is 0 Å². The molecule has 10 nitrogen and oxygen atoms in total. The molecule has 0 radical (unpaired) electrons. The van der Waals surface area contributed by atoms with Crippen LogP contribution in [-0.2, 0) is 25.8 Å². The molecular weight excluding hydrogens is 438 g/mol. The second kappa shape index (κ2) is 10.3. The first-order chi connectivity index (χ1) is 16.5. The fourth-order valence-electron chi connectivity index (χ4n) is 5.12. The zero-order valence-electron chi connectivity index (χ0n) is 19.5. The molecule has 0 bridgehead atoms. The number of para-hydroxylation sites is 1. The fourth-order valence-corrected chi connectivity index (χ4v) is 5.12. The molecule has 34 heavy (non-hydrogen) atoms. The van der Waals surface area contributed by atoms with Gasteiger partial charge in [-0.25, -0.2) is 4.68 Å². The largest absolute Gasteiger partial charge is 0.466 e. The molecule has 1 aromatic heterocycles. The number of benzene rings is 1. The lowest BCUT2D eigenvalue weighted by Gasteiger charge is -2.32. The topological polar surface area (TPSA) is 127 Å². The molecule has 1 aliphatic carbocycles. The Balaban J connectivity index is 1.58. The Morgan fingerprint density at radius 2 is 2.00 bits per heavy atom. The van der Waals surface area contributed by atoms with Gasteiger partial charge in [0.25, 0.3) is 0 Å². The molecule has 2 aliphatic rings. The second-order valence-electron chi connectivity index (χ2n) is 8.81. The smallest absolute Gasteiger partial charge is 0.310 e. The van der Waals surface area contributed by atoms with E-state index in [0.29, 0.717) is 19.4 Å². The molecule has 10 heteroatoms. The Labute approximate surface area is 197 Å². The minimum absolute atomic E-state index is 0.00745. The number of fused-ring (bicyclic) bond motifs is 2. The Hall–Kier alpha value is -3.27. The van der Waals surface area contributed by atoms with Crippen LogP contribution in [0.3, 0.4) is 0 Å². The van der Waals surface area contributed by atoms with Gasteiger partial charge in [0.1, 0.15) is 18.2 Å². The number of likely N-dealkylation sites (tertiary alicyclic amines) is 1. The van der Waals surface area contributed by atoms with Crippen LogP contribution < -0.4 is 5.32 Å². The van der Waals surface area contributed by atoms with Gasteiger partial charge in [-0.3, -0.25) is 14.4 Å². The second-order valence-corrected chi connectivity index (χ2v) is 8.81. The van der Waals surface area contributed by atoms with Crippen LogP contribution in [0.1, 0.15) is 26.7 Å². The first kappa shape index (κ1) is 23.9. The molecule has 1 saturated heterocycles. The van der Waals surface area contributed by atoms with Gasteiger partial charge in [-0.1, -0.05) is 36.4 Å². The van der Waals surface area contributed by atoms with E-state index in [1.54, 1.807) is 16.5 Å². The monoisotopic (exact) mass is 469 g/mol. The highest BCUT2D eigenvalue weighted by atomic mass is 16.5. The standard InChI is InChI=1S/C24H31N5O5/c1-3-34-24(33)19-15(2)10-11-16-20(19)23(32)28(12-6-7-13-30)21(16)22(31)25-14-29-18-9-5-4-8-17(18)26-27-29/h4-5,8-11,15-16,19-21,30H,3,6-7,12-14H2,1-2H3,(H,25,31)/t15-,16+,19-,20+,21+/m1/s1. The Kier molecular flexibility index (Phi) is 7.26. The molecule has 0 saturated carbocycles. The number of unbranched alkanes of at least 4 members (excludes halogenated alkanes) is 1. The average Bonchev–Trinajstić information content (AvgIpc) is 3.37. The summed E-state index contributed by atoms with van der Waals surface area (Å²) in [6.45, 7) is 4.30. The number of aliphatic hydroxyl groups excluding tert-OH is 1. The third-order valence-corrected chi connectivity index (χ3v) is 6.73. The molecule has 2 aromatic rings. The van der Waals surface area contributed by atoms with Crippen LogP contribution in [0.4, 0.5) is 0 Å². The summed E-state index contributed by atoms with van der Waals surface area (Å²) in [6, 6.07) is 6.69. The molecular formula is C24H31N5O5. The van der Waals surface area contributed by atoms with Crippen LogP contribution in [0.5, 0.6) is 0 Å². The van der Waals surface area contributed by atoms with Gasteiger partial charge in [0.2, 0.25) is 11.8 Å². The SMILES string of the molecule is CCOC(=O)[C@H]1[C@H]2C(=O)N(CCCCO)[C@H](C(=O)NCn3nnc4ccccc43)[C@H]2C=C[C@H]1C. The minimum atomic E-state index is -0.758. The van der Waals surface area contributed by atoms with Crippen molar-refractivity contribution in [2.24, 2.45) is 23.7 Å². The van der Waals surface area contributed by atoms with E-state index < -0.39 is 29.8 Å². The first-order valence-corrected chi connectivity index (χ1v) is 11.8. The molecule has 0 spiro atoms. The number of carbonyl (C=O) groups excluding carboxylic acids is 3. The van der Waals surface area contributed by atoms with E-state index >= 15 is 0 Å². The number of hydrogen-bond acceptors (Lipinski definition) is 7. The average molecular weight is 470 g/mol. The number of esters is 1. The van der Waals surface area contributed by atoms with Crippen LogP contribution in [0.25, 0.3) is 11.0 Å². The molecule has 0 unspecified atom stereocenters. The van der Waals surface area contributed by atoms with E-state index in [9.17, 15) is 19.5 Å². The number of aliphatic hydroxyl groups is 1. The van der Waals surface area contributed by atoms with E-state index in [-0.39, 0.29) is 37.6 Å². The molecule has 2 N–H and O–H groups in total. The quantitative estimate of drug-likeness (QED) is 0.320. The highest BCUT2D eigenvalue weighted by Gasteiger charge is 2.56. The van der Waals surface area contributed by atoms with Crippen molar-refractivity contribution in [3.05, 3.63) is 36.4 Å². The normalized spacial score (nSPS) is 26.0. The number of ether oxygens (including phenoxy) is 1. The van der Waals surface area contributed by atoms with Crippen molar-refractivity contribution >= 4 is 28.8 Å². The van der Waals surface area contributed by atoms with E-state index in [0.717, 1.165) is 11.0 Å². The van der Waals surface area contributed by atoms with Crippen LogP contribution in [0.2, 0.25) is 0 Å². The predicted molar refractivity (Wildman–Crippen MR) is 123 cm³/mol. The van der Waals surface area contributed by atoms with Crippen molar-refractivity contribution in [2.45, 2.75) is 39.4 Å². The summed E-state index contributed by atoms with van der Waals surface area (Å²) in [6.07, 6.45) is 4.87. The third kappa shape index (κ3) is 4.42. The van der Waals surface area contributed by atoms with Gasteiger partial charge in [-0.05, 0) is 37.8 Å². The van der Waals surface area contributed by atoms with Crippen LogP contribution in [0, 0.1) is 23.7 Å². The zero-order chi connectivity index (χ0) is 24.2. The number of nitrogens with one attached hydrogen (secondary N) is 1. The van der Waals surface area contributed by atoms with Crippen LogP contribution in [0.15, 0.2) is 36.4 Å². The van der Waals surface area contributed by atoms with Crippen molar-refractivity contribution in [1.82, 2.24) is 25.2 Å². The van der Waals surface area contributed by atoms with Crippen molar-refractivity contribution in [3.63, 3.8) is 0 Å². The highest BCUT2D eigenvalue weighted by Crippen LogP contribution is 2.44. The third-order valence-electron chi connectivity index (χ3n) is 6.73. The van der Waals surface area contributed by atoms with Gasteiger partial charge in [0, 0.05) is 19.1 Å². The van der Waals surface area contributed by atoms with Gasteiger partial charge in [0.15, 0.2) is 0 Å². The number of rotatable bonds is 9. The zero-order valence-corrected chi connectivity index (χ0v) is 19.5. The molecule has 4 rings (SSSR count). The molecule has 1 aliphatic heterocycles. The summed E-state index contributed by atoms with van der Waals surface area (Å²) in [5.41, 5.74) is 1.51. The molecule has 1 fully saturated rings. The summed E-state index contributed by atoms with van der Waals surface area (Å²) in [5.74, 6) is -2.86. The Morgan fingerprint density at radius 3 is 2.76 bits per heavy atom. The number of carbonyl (C=O) groups is 3. The van der Waals surface area contributed by atoms with Gasteiger partial charge >= 0.3 is 5.97 Å². The van der Waals surface area contributed by atoms with E-state index in [2.05, 4.69) is 15.6 Å². The van der Waals surface area contributed by atoms with Crippen molar-refractivity contribution in [1.29, 1.82) is 0 Å². The summed E-state index contributed by atoms with van der Waals surface area (Å²) < 4.78 is 6.87. The van der Waals surface area contributed by atoms with E-state index in [4.69, 9.17) is 4.74 Å². The van der Waals surface area contributed by atoms with Gasteiger partial charge < -0.3 is 20.1 Å². The van der Waals surface area contributed by atoms with Gasteiger partial charge in [-0.2, -0.15) is 0 Å². The van der Waals surface area contributed by atoms with Crippen LogP contribution in [-0.4, -0.2) is 68.6 Å². The lowest BCUT2D eigenvalue weighted by atomic mass is 9.70. The lowest BCUT2D eigenvalue weighted by molar-refractivity contribution is -0.155. The van der Waals surface area contributed by atoms with E-state index in [1.165, 1.54) is 0 Å². The first-order valence-electron chi connectivity index (χ1n) is 11.8. The number of allylic oxidation sites excluding steroid dienone is 1. The molecule has 1 aromatic carbocycles. The minimum Gasteiger partial charge on any atom is -0.466 e. The Morgan fingerprint density at radius 1 is 1.21 bits per heavy atom. The molecule has 2 heterocycles. The number of amides is 2. The van der Waals surface area contributed by atoms with Crippen LogP contribution >= 0.6 is 0 Å². The molecule has 2 amide bonds. The van der Waals surface area contributed by atoms with Crippen molar-refractivity contribution in [2.75, 3.05) is 19.8 Å². The maximum atomic E-state index is 13.5. The maximum Gasteiger partial charge on any atom is 0.310 e. The maximum absolute atomic E-state index is 13.5. The molecule has 182 valence electrons. The number of aromatic nitrogens is 3. The summed E-state index contributed by atoms with van der Waals surface area (Å²) in [4.78, 5) is 41.3. The van der Waals surface area contributed by atoms with Gasteiger partial charge in [-0.15, -0.1) is 5.10 Å². The lowest BCUT2D eigenvalue weighted by Crippen LogP contribution is -2.48. The Bertz CT molecular complexity index is 1080. The fraction of sp³-hybridized carbons (Fsp3) is 0.542. The number of hydrogen-bond donors (Lipinski definition) is 2. The summed E-state index contributed by atoms with van der Waals surface area (Å²) >= 11 is 0. The summed E-state index contributed by atoms with van der Waals surface area (Å²) in [7, 11) is 0. The predicted octanol–water partition coefficient (Wildman–Crippen LogP) is 1.11. The number of nitrogens with zero attached hydrogens (tertiary/aromatic N) is 4. The highest BCUT2D eigenvalue weighted by molar-refractivity contribution is 5.96. The van der Waals surface area contributed by atoms with Crippen molar-refractivity contribution < 1.29 is 24.2 Å². The van der Waals surface area contributed by atoms with E-state index in [1.807, 2.05) is 43.3 Å². The molecule has 5 atom stereocenters.